The van der Waals surface area contributed by atoms with E-state index in [9.17, 15) is 13.5 Å². The third-order valence-electron chi connectivity index (χ3n) is 2.88. The van der Waals surface area contributed by atoms with E-state index < -0.39 is 15.6 Å². The molecule has 0 radical (unpaired) electrons. The second-order valence-corrected chi connectivity index (χ2v) is 6.58. The zero-order valence-corrected chi connectivity index (χ0v) is 11.9. The minimum atomic E-state index is -3.51. The van der Waals surface area contributed by atoms with E-state index in [4.69, 9.17) is 0 Å². The fourth-order valence-electron chi connectivity index (χ4n) is 1.34. The van der Waals surface area contributed by atoms with Crippen molar-refractivity contribution in [2.24, 2.45) is 0 Å². The first kappa shape index (κ1) is 14.9. The third-order valence-corrected chi connectivity index (χ3v) is 4.35. The van der Waals surface area contributed by atoms with Crippen molar-refractivity contribution in [3.63, 3.8) is 0 Å². The molecule has 1 unspecified atom stereocenters. The summed E-state index contributed by atoms with van der Waals surface area (Å²) in [6.45, 7) is 5.13. The number of hydrogen-bond donors (Lipinski definition) is 3. The Morgan fingerprint density at radius 3 is 2.33 bits per heavy atom. The van der Waals surface area contributed by atoms with Crippen molar-refractivity contribution < 1.29 is 13.5 Å². The van der Waals surface area contributed by atoms with Crippen LogP contribution in [0, 0.1) is 0 Å². The molecule has 0 bridgehead atoms. The highest BCUT2D eigenvalue weighted by Gasteiger charge is 2.24. The van der Waals surface area contributed by atoms with Gasteiger partial charge in [0.2, 0.25) is 10.0 Å². The average Bonchev–Trinajstić information content (AvgIpc) is 2.28. The van der Waals surface area contributed by atoms with E-state index in [1.165, 1.54) is 13.1 Å². The molecular formula is C12H20N2O3S. The zero-order valence-electron chi connectivity index (χ0n) is 11.1. The van der Waals surface area contributed by atoms with E-state index in [2.05, 4.69) is 10.0 Å². The normalized spacial score (nSPS) is 14.3. The summed E-state index contributed by atoms with van der Waals surface area (Å²) < 4.78 is 26.0. The molecule has 102 valence electrons. The van der Waals surface area contributed by atoms with E-state index in [0.717, 1.165) is 0 Å². The van der Waals surface area contributed by atoms with Gasteiger partial charge in [0, 0.05) is 0 Å². The smallest absolute Gasteiger partial charge is 0.242 e. The van der Waals surface area contributed by atoms with Crippen molar-refractivity contribution in [3.8, 4) is 0 Å². The van der Waals surface area contributed by atoms with Gasteiger partial charge in [-0.3, -0.25) is 0 Å². The van der Waals surface area contributed by atoms with Gasteiger partial charge >= 0.3 is 0 Å². The highest BCUT2D eigenvalue weighted by molar-refractivity contribution is 7.89. The minimum absolute atomic E-state index is 0.170. The molecule has 0 aliphatic carbocycles. The van der Waals surface area contributed by atoms with Crippen molar-refractivity contribution in [3.05, 3.63) is 24.3 Å². The highest BCUT2D eigenvalue weighted by atomic mass is 32.2. The summed E-state index contributed by atoms with van der Waals surface area (Å²) in [6, 6.07) is 6.31. The van der Waals surface area contributed by atoms with Crippen LogP contribution in [0.25, 0.3) is 0 Å². The minimum Gasteiger partial charge on any atom is -0.388 e. The van der Waals surface area contributed by atoms with E-state index in [0.29, 0.717) is 5.69 Å². The lowest BCUT2D eigenvalue weighted by molar-refractivity contribution is 0.0648. The van der Waals surface area contributed by atoms with E-state index in [1.54, 1.807) is 39.0 Å². The molecule has 1 aromatic carbocycles. The summed E-state index contributed by atoms with van der Waals surface area (Å²) >= 11 is 0. The average molecular weight is 272 g/mol. The van der Waals surface area contributed by atoms with Crippen molar-refractivity contribution in [2.75, 3.05) is 12.4 Å². The van der Waals surface area contributed by atoms with E-state index in [-0.39, 0.29) is 10.9 Å². The molecule has 0 aromatic heterocycles. The van der Waals surface area contributed by atoms with Gasteiger partial charge < -0.3 is 10.4 Å². The molecule has 0 saturated heterocycles. The first-order valence-corrected chi connectivity index (χ1v) is 7.18. The van der Waals surface area contributed by atoms with Crippen LogP contribution < -0.4 is 10.0 Å². The van der Waals surface area contributed by atoms with Gasteiger partial charge in [-0.25, -0.2) is 13.1 Å². The van der Waals surface area contributed by atoms with Crippen LogP contribution in [0.5, 0.6) is 0 Å². The molecule has 0 amide bonds. The van der Waals surface area contributed by atoms with Crippen molar-refractivity contribution >= 4 is 15.7 Å². The Morgan fingerprint density at radius 1 is 1.28 bits per heavy atom. The number of anilines is 1. The van der Waals surface area contributed by atoms with Crippen molar-refractivity contribution in [2.45, 2.75) is 37.3 Å². The Bertz CT molecular complexity index is 506. The number of para-hydroxylation sites is 1. The molecule has 18 heavy (non-hydrogen) atoms. The molecule has 1 atom stereocenters. The first-order valence-electron chi connectivity index (χ1n) is 5.70. The molecule has 1 aromatic rings. The van der Waals surface area contributed by atoms with Crippen molar-refractivity contribution in [1.29, 1.82) is 0 Å². The number of rotatable bonds is 5. The van der Waals surface area contributed by atoms with Gasteiger partial charge in [0.25, 0.3) is 0 Å². The predicted molar refractivity (Wildman–Crippen MR) is 72.1 cm³/mol. The second kappa shape index (κ2) is 5.26. The topological polar surface area (TPSA) is 78.4 Å². The molecule has 5 nitrogen and oxygen atoms in total. The number of benzene rings is 1. The monoisotopic (exact) mass is 272 g/mol. The summed E-state index contributed by atoms with van der Waals surface area (Å²) in [5.74, 6) is 0. The molecule has 6 heteroatoms. The van der Waals surface area contributed by atoms with Crippen LogP contribution in [0.15, 0.2) is 29.2 Å². The van der Waals surface area contributed by atoms with E-state index in [1.807, 2.05) is 0 Å². The summed E-state index contributed by atoms with van der Waals surface area (Å²) in [5, 5.41) is 12.9. The number of hydrogen-bond acceptors (Lipinski definition) is 4. The van der Waals surface area contributed by atoms with Crippen LogP contribution >= 0.6 is 0 Å². The summed E-state index contributed by atoms with van der Waals surface area (Å²) in [7, 11) is -2.15. The molecule has 3 N–H and O–H groups in total. The van der Waals surface area contributed by atoms with Gasteiger partial charge in [-0.15, -0.1) is 0 Å². The van der Waals surface area contributed by atoms with Crippen molar-refractivity contribution in [1.82, 2.24) is 4.72 Å². The molecule has 0 aliphatic heterocycles. The molecule has 0 heterocycles. The summed E-state index contributed by atoms with van der Waals surface area (Å²) in [4.78, 5) is 0.170. The number of sulfonamides is 1. The lowest BCUT2D eigenvalue weighted by Gasteiger charge is -2.28. The molecule has 1 rings (SSSR count). The van der Waals surface area contributed by atoms with Gasteiger partial charge in [0.1, 0.15) is 4.90 Å². The van der Waals surface area contributed by atoms with Crippen LogP contribution in [-0.4, -0.2) is 32.2 Å². The Labute approximate surface area is 108 Å². The maximum atomic E-state index is 11.8. The van der Waals surface area contributed by atoms with Crippen LogP contribution in [0.2, 0.25) is 0 Å². The Morgan fingerprint density at radius 2 is 1.83 bits per heavy atom. The molecule has 0 saturated carbocycles. The van der Waals surface area contributed by atoms with Crippen LogP contribution in [0.1, 0.15) is 20.8 Å². The van der Waals surface area contributed by atoms with Crippen LogP contribution in [0.3, 0.4) is 0 Å². The fraction of sp³-hybridized carbons (Fsp3) is 0.500. The van der Waals surface area contributed by atoms with E-state index >= 15 is 0 Å². The Balaban J connectivity index is 3.12. The van der Waals surface area contributed by atoms with Gasteiger partial charge in [-0.05, 0) is 40.0 Å². The highest BCUT2D eigenvalue weighted by Crippen LogP contribution is 2.23. The van der Waals surface area contributed by atoms with Crippen LogP contribution in [0.4, 0.5) is 5.69 Å². The van der Waals surface area contributed by atoms with Gasteiger partial charge in [0.15, 0.2) is 0 Å². The summed E-state index contributed by atoms with van der Waals surface area (Å²) in [6.07, 6.45) is 0. The largest absolute Gasteiger partial charge is 0.388 e. The quantitative estimate of drug-likeness (QED) is 0.752. The SMILES string of the molecule is CNS(=O)(=O)c1ccccc1NC(C)C(C)(C)O. The Hall–Kier alpha value is -1.11. The number of aliphatic hydroxyl groups is 1. The number of nitrogens with one attached hydrogen (secondary N) is 2. The lowest BCUT2D eigenvalue weighted by Crippen LogP contribution is -2.39. The molecule has 0 aliphatic rings. The summed E-state index contributed by atoms with van der Waals surface area (Å²) in [5.41, 5.74) is -0.474. The third kappa shape index (κ3) is 3.44. The molecular weight excluding hydrogens is 252 g/mol. The maximum absolute atomic E-state index is 11.8. The zero-order chi connectivity index (χ0) is 14.0. The predicted octanol–water partition coefficient (Wildman–Crippen LogP) is 1.17. The standard InChI is InChI=1S/C12H20N2O3S/c1-9(12(2,3)15)14-10-7-5-6-8-11(10)18(16,17)13-4/h5-9,13-15H,1-4H3. The second-order valence-electron chi connectivity index (χ2n) is 4.72. The molecule has 0 fully saturated rings. The fourth-order valence-corrected chi connectivity index (χ4v) is 2.23. The van der Waals surface area contributed by atoms with Gasteiger partial charge in [-0.1, -0.05) is 12.1 Å². The van der Waals surface area contributed by atoms with Gasteiger partial charge in [0.05, 0.1) is 17.3 Å². The lowest BCUT2D eigenvalue weighted by atomic mass is 10.0. The maximum Gasteiger partial charge on any atom is 0.242 e. The first-order chi connectivity index (χ1) is 8.18. The van der Waals surface area contributed by atoms with Crippen LogP contribution in [-0.2, 0) is 10.0 Å². The Kier molecular flexibility index (Phi) is 4.37. The molecule has 0 spiro atoms. The van der Waals surface area contributed by atoms with Gasteiger partial charge in [-0.2, -0.15) is 0 Å².